The first-order valence-corrected chi connectivity index (χ1v) is 12.3. The quantitative estimate of drug-likeness (QED) is 0.455. The molecule has 0 aliphatic carbocycles. The van der Waals surface area contributed by atoms with Crippen LogP contribution >= 0.6 is 0 Å². The molecule has 1 N–H and O–H groups in total. The van der Waals surface area contributed by atoms with E-state index in [2.05, 4.69) is 47.6 Å². The molecule has 0 fully saturated rings. The zero-order valence-corrected chi connectivity index (χ0v) is 20.7. The Hall–Kier alpha value is -2.83. The molecule has 0 saturated carbocycles. The lowest BCUT2D eigenvalue weighted by molar-refractivity contribution is 0.201. The van der Waals surface area contributed by atoms with Gasteiger partial charge < -0.3 is 19.1 Å². The van der Waals surface area contributed by atoms with Gasteiger partial charge in [0.2, 0.25) is 0 Å². The number of fused-ring (bicyclic) bond motifs is 1. The van der Waals surface area contributed by atoms with Crippen LogP contribution in [0, 0.1) is 5.92 Å². The van der Waals surface area contributed by atoms with Crippen molar-refractivity contribution in [3.8, 4) is 11.5 Å². The monoisotopic (exact) mass is 463 g/mol. The first-order chi connectivity index (χ1) is 16.6. The molecule has 0 saturated heterocycles. The highest BCUT2D eigenvalue weighted by molar-refractivity contribution is 5.32. The highest BCUT2D eigenvalue weighted by Gasteiger charge is 2.24. The molecule has 1 aliphatic heterocycles. The smallest absolute Gasteiger partial charge is 0.119 e. The van der Waals surface area contributed by atoms with Crippen LogP contribution in [0.3, 0.4) is 0 Å². The summed E-state index contributed by atoms with van der Waals surface area (Å²) >= 11 is 0. The number of ether oxygens (including phenoxy) is 2. The molecule has 0 amide bonds. The number of methoxy groups -OCH3 is 1. The molecule has 0 radical (unpaired) electrons. The molecule has 3 aromatic rings. The lowest BCUT2D eigenvalue weighted by Crippen LogP contribution is -2.34. The number of aliphatic hydroxyl groups is 1. The molecule has 2 heterocycles. The van der Waals surface area contributed by atoms with Gasteiger partial charge in [0.1, 0.15) is 23.9 Å². The van der Waals surface area contributed by atoms with Crippen LogP contribution in [0.2, 0.25) is 0 Å². The second kappa shape index (κ2) is 11.5. The molecule has 0 unspecified atom stereocenters. The van der Waals surface area contributed by atoms with E-state index in [1.807, 2.05) is 24.3 Å². The first-order valence-electron chi connectivity index (χ1n) is 12.3. The molecule has 4 rings (SSSR count). The predicted molar refractivity (Wildman–Crippen MR) is 134 cm³/mol. The number of imidazole rings is 1. The van der Waals surface area contributed by atoms with Crippen LogP contribution in [0.1, 0.15) is 48.6 Å². The summed E-state index contributed by atoms with van der Waals surface area (Å²) in [5.74, 6) is 3.58. The fraction of sp³-hybridized carbons (Fsp3) is 0.464. The van der Waals surface area contributed by atoms with Gasteiger partial charge in [-0.05, 0) is 47.7 Å². The van der Waals surface area contributed by atoms with Gasteiger partial charge in [-0.15, -0.1) is 0 Å². The zero-order valence-electron chi connectivity index (χ0n) is 20.7. The normalized spacial score (nSPS) is 13.8. The molecular weight excluding hydrogens is 426 g/mol. The summed E-state index contributed by atoms with van der Waals surface area (Å²) in [4.78, 5) is 7.66. The van der Waals surface area contributed by atoms with Crippen molar-refractivity contribution in [2.45, 2.75) is 52.7 Å². The predicted octanol–water partition coefficient (Wildman–Crippen LogP) is 4.46. The molecule has 182 valence electrons. The van der Waals surface area contributed by atoms with E-state index in [-0.39, 0.29) is 6.61 Å². The van der Waals surface area contributed by atoms with E-state index in [1.165, 1.54) is 28.3 Å². The summed E-state index contributed by atoms with van der Waals surface area (Å²) in [7, 11) is 1.70. The van der Waals surface area contributed by atoms with Gasteiger partial charge in [0.25, 0.3) is 0 Å². The summed E-state index contributed by atoms with van der Waals surface area (Å²) in [6.45, 7) is 8.71. The molecule has 0 atom stereocenters. The van der Waals surface area contributed by atoms with E-state index >= 15 is 0 Å². The summed E-state index contributed by atoms with van der Waals surface area (Å²) in [5, 5.41) is 8.94. The van der Waals surface area contributed by atoms with Gasteiger partial charge in [-0.2, -0.15) is 0 Å². The average Bonchev–Trinajstić information content (AvgIpc) is 3.19. The third-order valence-corrected chi connectivity index (χ3v) is 6.41. The minimum absolute atomic E-state index is 0.0290. The van der Waals surface area contributed by atoms with E-state index in [1.54, 1.807) is 7.11 Å². The highest BCUT2D eigenvalue weighted by Crippen LogP contribution is 2.25. The van der Waals surface area contributed by atoms with Gasteiger partial charge in [0.05, 0.1) is 25.1 Å². The lowest BCUT2D eigenvalue weighted by Gasteiger charge is -2.29. The van der Waals surface area contributed by atoms with Crippen LogP contribution in [-0.4, -0.2) is 46.4 Å². The summed E-state index contributed by atoms with van der Waals surface area (Å²) < 4.78 is 13.3. The lowest BCUT2D eigenvalue weighted by atomic mass is 10.1. The number of hydrogen-bond acceptors (Lipinski definition) is 5. The number of hydrogen-bond donors (Lipinski definition) is 1. The van der Waals surface area contributed by atoms with Crippen molar-refractivity contribution in [2.75, 3.05) is 26.9 Å². The second-order valence-corrected chi connectivity index (χ2v) is 9.46. The highest BCUT2D eigenvalue weighted by atomic mass is 16.5. The van der Waals surface area contributed by atoms with Crippen LogP contribution in [0.25, 0.3) is 0 Å². The van der Waals surface area contributed by atoms with Crippen molar-refractivity contribution in [3.05, 3.63) is 76.9 Å². The van der Waals surface area contributed by atoms with Crippen LogP contribution in [0.15, 0.2) is 48.5 Å². The molecule has 1 aromatic heterocycles. The third-order valence-electron chi connectivity index (χ3n) is 6.41. The zero-order chi connectivity index (χ0) is 23.9. The van der Waals surface area contributed by atoms with E-state index < -0.39 is 0 Å². The Morgan fingerprint density at radius 1 is 0.971 bits per heavy atom. The Morgan fingerprint density at radius 3 is 2.35 bits per heavy atom. The van der Waals surface area contributed by atoms with Crippen molar-refractivity contribution in [2.24, 2.45) is 5.92 Å². The van der Waals surface area contributed by atoms with E-state index in [4.69, 9.17) is 19.6 Å². The molecule has 0 bridgehead atoms. The van der Waals surface area contributed by atoms with E-state index in [0.29, 0.717) is 12.5 Å². The van der Waals surface area contributed by atoms with Gasteiger partial charge in [-0.25, -0.2) is 4.98 Å². The summed E-state index contributed by atoms with van der Waals surface area (Å²) in [6, 6.07) is 16.5. The number of rotatable bonds is 11. The first kappa shape index (κ1) is 24.3. The van der Waals surface area contributed by atoms with Crippen molar-refractivity contribution in [1.82, 2.24) is 14.5 Å². The summed E-state index contributed by atoms with van der Waals surface area (Å²) in [6.07, 6.45) is 3.03. The average molecular weight is 464 g/mol. The standard InChI is InChI=1S/C28H37N3O3/c1-21(2)4-13-28-29-26(18-22-5-9-24(33-3)10-6-22)27-20-30(14-15-31(27)28)19-23-7-11-25(12-8-23)34-17-16-32/h5-12,21,32H,4,13-20H2,1-3H3. The van der Waals surface area contributed by atoms with Gasteiger partial charge in [0.15, 0.2) is 0 Å². The Bertz CT molecular complexity index is 1040. The van der Waals surface area contributed by atoms with Gasteiger partial charge in [-0.3, -0.25) is 4.90 Å². The number of aliphatic hydroxyl groups excluding tert-OH is 1. The van der Waals surface area contributed by atoms with E-state index in [0.717, 1.165) is 56.9 Å². The maximum Gasteiger partial charge on any atom is 0.119 e. The van der Waals surface area contributed by atoms with Crippen molar-refractivity contribution in [1.29, 1.82) is 0 Å². The molecule has 6 heteroatoms. The Kier molecular flexibility index (Phi) is 8.25. The third kappa shape index (κ3) is 6.19. The van der Waals surface area contributed by atoms with Crippen molar-refractivity contribution >= 4 is 0 Å². The minimum atomic E-state index is 0.0290. The van der Waals surface area contributed by atoms with Crippen LogP contribution < -0.4 is 9.47 Å². The van der Waals surface area contributed by atoms with Gasteiger partial charge in [0, 0.05) is 39.0 Å². The minimum Gasteiger partial charge on any atom is -0.497 e. The Balaban J connectivity index is 1.50. The number of aryl methyl sites for hydroxylation is 1. The molecule has 34 heavy (non-hydrogen) atoms. The van der Waals surface area contributed by atoms with Crippen LogP contribution in [0.4, 0.5) is 0 Å². The molecule has 2 aromatic carbocycles. The molecule has 0 spiro atoms. The fourth-order valence-corrected chi connectivity index (χ4v) is 4.50. The van der Waals surface area contributed by atoms with Crippen LogP contribution in [0.5, 0.6) is 11.5 Å². The van der Waals surface area contributed by atoms with Gasteiger partial charge in [-0.1, -0.05) is 38.1 Å². The number of benzene rings is 2. The maximum absolute atomic E-state index is 8.94. The number of nitrogens with zero attached hydrogens (tertiary/aromatic N) is 3. The maximum atomic E-state index is 8.94. The SMILES string of the molecule is COc1ccc(Cc2nc(CCC(C)C)n3c2CN(Cc2ccc(OCCO)cc2)CC3)cc1. The van der Waals surface area contributed by atoms with Crippen LogP contribution in [-0.2, 0) is 32.5 Å². The summed E-state index contributed by atoms with van der Waals surface area (Å²) in [5.41, 5.74) is 5.07. The number of aromatic nitrogens is 2. The topological polar surface area (TPSA) is 59.8 Å². The molecular formula is C28H37N3O3. The Morgan fingerprint density at radius 2 is 1.68 bits per heavy atom. The molecule has 1 aliphatic rings. The largest absolute Gasteiger partial charge is 0.497 e. The second-order valence-electron chi connectivity index (χ2n) is 9.46. The Labute approximate surface area is 203 Å². The fourth-order valence-electron chi connectivity index (χ4n) is 4.50. The van der Waals surface area contributed by atoms with Gasteiger partial charge >= 0.3 is 0 Å². The van der Waals surface area contributed by atoms with Crippen molar-refractivity contribution in [3.63, 3.8) is 0 Å². The van der Waals surface area contributed by atoms with Crippen molar-refractivity contribution < 1.29 is 14.6 Å². The van der Waals surface area contributed by atoms with E-state index in [9.17, 15) is 0 Å². The molecule has 6 nitrogen and oxygen atoms in total.